The van der Waals surface area contributed by atoms with Gasteiger partial charge in [-0.25, -0.2) is 9.59 Å². The van der Waals surface area contributed by atoms with Gasteiger partial charge in [-0.15, -0.1) is 0 Å². The van der Waals surface area contributed by atoms with Crippen LogP contribution in [0.4, 0.5) is 4.79 Å². The van der Waals surface area contributed by atoms with E-state index in [4.69, 9.17) is 5.11 Å². The van der Waals surface area contributed by atoms with Gasteiger partial charge in [0.1, 0.15) is 6.04 Å². The summed E-state index contributed by atoms with van der Waals surface area (Å²) in [5, 5.41) is 18.3. The molecule has 0 aliphatic heterocycles. The molecule has 7 nitrogen and oxygen atoms in total. The Kier molecular flexibility index (Phi) is 5.55. The Labute approximate surface area is 125 Å². The summed E-state index contributed by atoms with van der Waals surface area (Å²) in [5.41, 5.74) is 1.64. The highest BCUT2D eigenvalue weighted by Gasteiger charge is 2.23. The number of aromatic nitrogens is 2. The second-order valence-electron chi connectivity index (χ2n) is 4.86. The second kappa shape index (κ2) is 6.74. The number of halogens is 1. The topological polar surface area (TPSA) is 96.3 Å². The van der Waals surface area contributed by atoms with Gasteiger partial charge in [0.15, 0.2) is 0 Å². The third-order valence-electron chi connectivity index (χ3n) is 2.90. The van der Waals surface area contributed by atoms with Gasteiger partial charge in [-0.1, -0.05) is 13.8 Å². The lowest BCUT2D eigenvalue weighted by Gasteiger charge is -2.18. The Hall–Kier alpha value is -1.57. The Morgan fingerprint density at radius 3 is 2.45 bits per heavy atom. The van der Waals surface area contributed by atoms with Crippen LogP contribution in [0.25, 0.3) is 0 Å². The van der Waals surface area contributed by atoms with Crippen LogP contribution >= 0.6 is 15.9 Å². The molecule has 0 saturated carbocycles. The molecule has 1 heterocycles. The van der Waals surface area contributed by atoms with Crippen molar-refractivity contribution in [2.24, 2.45) is 13.0 Å². The van der Waals surface area contributed by atoms with E-state index >= 15 is 0 Å². The molecular weight excluding hydrogens is 328 g/mol. The number of carboxylic acid groups (broad SMARTS) is 1. The predicted octanol–water partition coefficient (Wildman–Crippen LogP) is 1.40. The smallest absolute Gasteiger partial charge is 0.326 e. The van der Waals surface area contributed by atoms with E-state index in [2.05, 4.69) is 31.7 Å². The fourth-order valence-electron chi connectivity index (χ4n) is 1.74. The third kappa shape index (κ3) is 3.96. The van der Waals surface area contributed by atoms with Crippen LogP contribution in [0.15, 0.2) is 4.47 Å². The summed E-state index contributed by atoms with van der Waals surface area (Å²) in [6.45, 7) is 5.58. The summed E-state index contributed by atoms with van der Waals surface area (Å²) in [5.74, 6) is -1.24. The summed E-state index contributed by atoms with van der Waals surface area (Å²) in [7, 11) is 1.78. The van der Waals surface area contributed by atoms with E-state index in [0.717, 1.165) is 15.9 Å². The largest absolute Gasteiger partial charge is 0.480 e. The Bertz CT molecular complexity index is 513. The first-order valence-electron chi connectivity index (χ1n) is 6.19. The molecule has 0 aromatic carbocycles. The molecule has 0 saturated heterocycles. The van der Waals surface area contributed by atoms with E-state index in [1.165, 1.54) is 0 Å². The molecule has 2 amide bonds. The number of rotatable bonds is 5. The maximum Gasteiger partial charge on any atom is 0.326 e. The molecular formula is C12H19BrN4O3. The third-order valence-corrected chi connectivity index (χ3v) is 3.93. The minimum atomic E-state index is -1.05. The van der Waals surface area contributed by atoms with Crippen LogP contribution in [-0.2, 0) is 18.4 Å². The van der Waals surface area contributed by atoms with Gasteiger partial charge < -0.3 is 15.7 Å². The molecule has 1 aromatic rings. The molecule has 0 fully saturated rings. The van der Waals surface area contributed by atoms with Gasteiger partial charge in [0.2, 0.25) is 0 Å². The van der Waals surface area contributed by atoms with Gasteiger partial charge in [-0.3, -0.25) is 4.68 Å². The van der Waals surface area contributed by atoms with Crippen molar-refractivity contribution >= 4 is 27.9 Å². The first kappa shape index (κ1) is 16.5. The quantitative estimate of drug-likeness (QED) is 0.750. The number of carbonyl (C=O) groups excluding carboxylic acids is 1. The molecule has 0 spiro atoms. The van der Waals surface area contributed by atoms with Gasteiger partial charge in [0.05, 0.1) is 22.4 Å². The molecule has 1 rings (SSSR count). The lowest BCUT2D eigenvalue weighted by Crippen LogP contribution is -2.48. The van der Waals surface area contributed by atoms with Crippen molar-refractivity contribution in [3.63, 3.8) is 0 Å². The number of urea groups is 1. The van der Waals surface area contributed by atoms with Crippen LogP contribution in [0, 0.1) is 12.8 Å². The van der Waals surface area contributed by atoms with Crippen molar-refractivity contribution in [3.8, 4) is 0 Å². The van der Waals surface area contributed by atoms with Crippen molar-refractivity contribution in [2.45, 2.75) is 33.4 Å². The number of carboxylic acids is 1. The zero-order chi connectivity index (χ0) is 15.4. The normalized spacial score (nSPS) is 12.3. The zero-order valence-corrected chi connectivity index (χ0v) is 13.5. The van der Waals surface area contributed by atoms with Crippen molar-refractivity contribution in [3.05, 3.63) is 15.9 Å². The number of nitrogens with one attached hydrogen (secondary N) is 2. The highest BCUT2D eigenvalue weighted by molar-refractivity contribution is 9.10. The first-order valence-corrected chi connectivity index (χ1v) is 6.98. The average Bonchev–Trinajstić information content (AvgIpc) is 2.57. The molecule has 1 atom stereocenters. The van der Waals surface area contributed by atoms with Gasteiger partial charge >= 0.3 is 12.0 Å². The lowest BCUT2D eigenvalue weighted by molar-refractivity contribution is -0.140. The summed E-state index contributed by atoms with van der Waals surface area (Å²) in [4.78, 5) is 22.7. The molecule has 0 aliphatic carbocycles. The van der Waals surface area contributed by atoms with Crippen molar-refractivity contribution in [1.82, 2.24) is 20.4 Å². The predicted molar refractivity (Wildman–Crippen MR) is 77.3 cm³/mol. The van der Waals surface area contributed by atoms with E-state index in [-0.39, 0.29) is 12.5 Å². The highest BCUT2D eigenvalue weighted by Crippen LogP contribution is 2.19. The summed E-state index contributed by atoms with van der Waals surface area (Å²) < 4.78 is 2.50. The van der Waals surface area contributed by atoms with Crippen molar-refractivity contribution < 1.29 is 14.7 Å². The summed E-state index contributed by atoms with van der Waals surface area (Å²) >= 11 is 3.40. The maximum absolute atomic E-state index is 11.7. The van der Waals surface area contributed by atoms with Gasteiger partial charge in [-0.2, -0.15) is 5.10 Å². The number of hydrogen-bond donors (Lipinski definition) is 3. The van der Waals surface area contributed by atoms with Gasteiger partial charge in [0, 0.05) is 7.05 Å². The van der Waals surface area contributed by atoms with E-state index in [1.807, 2.05) is 6.92 Å². The van der Waals surface area contributed by atoms with Crippen LogP contribution < -0.4 is 10.6 Å². The molecule has 0 radical (unpaired) electrons. The molecule has 20 heavy (non-hydrogen) atoms. The fourth-order valence-corrected chi connectivity index (χ4v) is 2.22. The highest BCUT2D eigenvalue weighted by atomic mass is 79.9. The number of aryl methyl sites for hydroxylation is 2. The number of hydrogen-bond acceptors (Lipinski definition) is 3. The minimum Gasteiger partial charge on any atom is -0.480 e. The lowest BCUT2D eigenvalue weighted by atomic mass is 10.1. The number of aliphatic carboxylic acids is 1. The second-order valence-corrected chi connectivity index (χ2v) is 5.65. The van der Waals surface area contributed by atoms with E-state index in [1.54, 1.807) is 25.6 Å². The van der Waals surface area contributed by atoms with Gasteiger partial charge in [0.25, 0.3) is 0 Å². The van der Waals surface area contributed by atoms with Crippen LogP contribution in [0.1, 0.15) is 25.2 Å². The molecule has 1 aromatic heterocycles. The van der Waals surface area contributed by atoms with Crippen molar-refractivity contribution in [2.75, 3.05) is 0 Å². The standard InChI is InChI=1S/C12H19BrN4O3/c1-6(2)10(11(18)19)15-12(20)14-5-8-9(13)7(3)16-17(8)4/h6,10H,5H2,1-4H3,(H,18,19)(H2,14,15,20). The van der Waals surface area contributed by atoms with Crippen LogP contribution in [0.2, 0.25) is 0 Å². The minimum absolute atomic E-state index is 0.191. The number of nitrogens with zero attached hydrogens (tertiary/aromatic N) is 2. The van der Waals surface area contributed by atoms with Crippen LogP contribution in [0.5, 0.6) is 0 Å². The van der Waals surface area contributed by atoms with E-state index < -0.39 is 18.0 Å². The Morgan fingerprint density at radius 1 is 1.45 bits per heavy atom. The molecule has 8 heteroatoms. The monoisotopic (exact) mass is 346 g/mol. The van der Waals surface area contributed by atoms with Crippen LogP contribution in [0.3, 0.4) is 0 Å². The molecule has 0 aliphatic rings. The summed E-state index contributed by atoms with van der Waals surface area (Å²) in [6, 6.07) is -1.43. The number of carbonyl (C=O) groups is 2. The fraction of sp³-hybridized carbons (Fsp3) is 0.583. The molecule has 3 N–H and O–H groups in total. The number of amides is 2. The molecule has 112 valence electrons. The van der Waals surface area contributed by atoms with Crippen molar-refractivity contribution in [1.29, 1.82) is 0 Å². The molecule has 1 unspecified atom stereocenters. The first-order chi connectivity index (χ1) is 9.23. The SMILES string of the molecule is Cc1nn(C)c(CNC(=O)NC(C(=O)O)C(C)C)c1Br. The van der Waals surface area contributed by atoms with E-state index in [0.29, 0.717) is 0 Å². The Morgan fingerprint density at radius 2 is 2.05 bits per heavy atom. The Balaban J connectivity index is 2.61. The van der Waals surface area contributed by atoms with Gasteiger partial charge in [-0.05, 0) is 28.8 Å². The summed E-state index contributed by atoms with van der Waals surface area (Å²) in [6.07, 6.45) is 0. The molecule has 0 bridgehead atoms. The zero-order valence-electron chi connectivity index (χ0n) is 11.9. The maximum atomic E-state index is 11.7. The van der Waals surface area contributed by atoms with Crippen LogP contribution in [-0.4, -0.2) is 32.9 Å². The van der Waals surface area contributed by atoms with E-state index in [9.17, 15) is 9.59 Å². The average molecular weight is 347 g/mol.